The Balaban J connectivity index is 2.87. The summed E-state index contributed by atoms with van der Waals surface area (Å²) in [5.74, 6) is 0.901. The molecule has 2 N–H and O–H groups in total. The van der Waals surface area contributed by atoms with Gasteiger partial charge < -0.3 is 15.4 Å². The van der Waals surface area contributed by atoms with E-state index in [1.54, 1.807) is 7.11 Å². The Morgan fingerprint density at radius 2 is 1.74 bits per heavy atom. The zero-order valence-electron chi connectivity index (χ0n) is 12.6. The van der Waals surface area contributed by atoms with Gasteiger partial charge in [0, 0.05) is 37.0 Å². The van der Waals surface area contributed by atoms with Crippen LogP contribution in [0.5, 0.6) is 5.75 Å². The third-order valence-corrected chi connectivity index (χ3v) is 3.42. The molecule has 0 radical (unpaired) electrons. The fraction of sp³-hybridized carbons (Fsp3) is 0.625. The molecule has 0 bridgehead atoms. The van der Waals surface area contributed by atoms with Crippen molar-refractivity contribution in [3.05, 3.63) is 23.8 Å². The number of unbranched alkanes of at least 4 members (excludes halogenated alkanes) is 2. The largest absolute Gasteiger partial charge is 0.496 e. The van der Waals surface area contributed by atoms with Gasteiger partial charge in [-0.1, -0.05) is 32.8 Å². The lowest BCUT2D eigenvalue weighted by atomic mass is 10.1. The highest BCUT2D eigenvalue weighted by atomic mass is 16.5. The molecular formula is C16H28N2O. The third-order valence-electron chi connectivity index (χ3n) is 3.42. The van der Waals surface area contributed by atoms with Gasteiger partial charge in [0.25, 0.3) is 0 Å². The Hall–Kier alpha value is -1.22. The van der Waals surface area contributed by atoms with Crippen LogP contribution >= 0.6 is 0 Å². The van der Waals surface area contributed by atoms with Gasteiger partial charge in [-0.2, -0.15) is 0 Å². The quantitative estimate of drug-likeness (QED) is 0.741. The summed E-state index contributed by atoms with van der Waals surface area (Å²) in [6.45, 7) is 7.21. The summed E-state index contributed by atoms with van der Waals surface area (Å²) in [6.07, 6.45) is 4.90. The molecule has 0 aliphatic heterocycles. The summed E-state index contributed by atoms with van der Waals surface area (Å²) in [4.78, 5) is 2.45. The number of nitrogens with zero attached hydrogens (tertiary/aromatic N) is 1. The highest BCUT2D eigenvalue weighted by molar-refractivity contribution is 5.53. The van der Waals surface area contributed by atoms with Crippen LogP contribution in [0.1, 0.15) is 45.1 Å². The summed E-state index contributed by atoms with van der Waals surface area (Å²) in [6, 6.07) is 6.36. The summed E-state index contributed by atoms with van der Waals surface area (Å²) in [5, 5.41) is 0. The van der Waals surface area contributed by atoms with Crippen molar-refractivity contribution in [3.8, 4) is 5.75 Å². The predicted molar refractivity (Wildman–Crippen MR) is 82.9 cm³/mol. The fourth-order valence-electron chi connectivity index (χ4n) is 2.17. The summed E-state index contributed by atoms with van der Waals surface area (Å²) < 4.78 is 5.43. The first-order valence-electron chi connectivity index (χ1n) is 7.38. The second-order valence-electron chi connectivity index (χ2n) is 4.89. The van der Waals surface area contributed by atoms with Crippen molar-refractivity contribution in [1.82, 2.24) is 0 Å². The van der Waals surface area contributed by atoms with Crippen LogP contribution < -0.4 is 15.4 Å². The summed E-state index contributed by atoms with van der Waals surface area (Å²) >= 11 is 0. The number of methoxy groups -OCH3 is 1. The van der Waals surface area contributed by atoms with E-state index in [4.69, 9.17) is 10.5 Å². The van der Waals surface area contributed by atoms with Gasteiger partial charge in [-0.3, -0.25) is 0 Å². The van der Waals surface area contributed by atoms with E-state index in [9.17, 15) is 0 Å². The van der Waals surface area contributed by atoms with Crippen molar-refractivity contribution in [2.75, 3.05) is 25.1 Å². The van der Waals surface area contributed by atoms with Crippen molar-refractivity contribution >= 4 is 5.69 Å². The smallest absolute Gasteiger partial charge is 0.125 e. The molecular weight excluding hydrogens is 236 g/mol. The molecule has 1 aromatic carbocycles. The molecule has 0 saturated carbocycles. The van der Waals surface area contributed by atoms with Gasteiger partial charge in [0.2, 0.25) is 0 Å². The van der Waals surface area contributed by atoms with E-state index < -0.39 is 0 Å². The van der Waals surface area contributed by atoms with E-state index in [2.05, 4.69) is 36.9 Å². The molecule has 3 nitrogen and oxygen atoms in total. The third kappa shape index (κ3) is 4.75. The summed E-state index contributed by atoms with van der Waals surface area (Å²) in [7, 11) is 1.71. The van der Waals surface area contributed by atoms with E-state index in [0.29, 0.717) is 6.54 Å². The van der Waals surface area contributed by atoms with E-state index in [1.807, 2.05) is 0 Å². The number of rotatable bonds is 9. The lowest BCUT2D eigenvalue weighted by Gasteiger charge is -2.25. The van der Waals surface area contributed by atoms with E-state index in [0.717, 1.165) is 24.4 Å². The van der Waals surface area contributed by atoms with Crippen LogP contribution in [0.3, 0.4) is 0 Å². The number of anilines is 1. The first-order chi connectivity index (χ1) is 9.26. The topological polar surface area (TPSA) is 38.5 Å². The number of ether oxygens (including phenoxy) is 1. The van der Waals surface area contributed by atoms with Crippen LogP contribution in [0.4, 0.5) is 5.69 Å². The highest BCUT2D eigenvalue weighted by Crippen LogP contribution is 2.26. The maximum atomic E-state index is 5.72. The zero-order valence-corrected chi connectivity index (χ0v) is 12.6. The van der Waals surface area contributed by atoms with Gasteiger partial charge in [-0.25, -0.2) is 0 Å². The van der Waals surface area contributed by atoms with Crippen molar-refractivity contribution < 1.29 is 4.74 Å². The number of hydrogen-bond donors (Lipinski definition) is 1. The van der Waals surface area contributed by atoms with Crippen LogP contribution in [-0.4, -0.2) is 20.2 Å². The average molecular weight is 264 g/mol. The molecule has 1 aromatic rings. The lowest BCUT2D eigenvalue weighted by molar-refractivity contribution is 0.410. The molecule has 3 heteroatoms. The monoisotopic (exact) mass is 264 g/mol. The normalized spacial score (nSPS) is 10.5. The van der Waals surface area contributed by atoms with Gasteiger partial charge >= 0.3 is 0 Å². The van der Waals surface area contributed by atoms with Crippen molar-refractivity contribution in [3.63, 3.8) is 0 Å². The maximum absolute atomic E-state index is 5.72. The number of hydrogen-bond acceptors (Lipinski definition) is 3. The molecule has 0 amide bonds. The first-order valence-corrected chi connectivity index (χ1v) is 7.38. The van der Waals surface area contributed by atoms with Gasteiger partial charge in [0.1, 0.15) is 5.75 Å². The summed E-state index contributed by atoms with van der Waals surface area (Å²) in [5.41, 5.74) is 8.03. The second-order valence-corrected chi connectivity index (χ2v) is 4.89. The Kier molecular flexibility index (Phi) is 7.34. The minimum absolute atomic E-state index is 0.521. The van der Waals surface area contributed by atoms with Crippen LogP contribution in [0.15, 0.2) is 18.2 Å². The van der Waals surface area contributed by atoms with Gasteiger partial charge in [0.15, 0.2) is 0 Å². The van der Waals surface area contributed by atoms with Crippen LogP contribution in [0, 0.1) is 0 Å². The predicted octanol–water partition coefficient (Wildman–Crippen LogP) is 3.56. The molecule has 0 aliphatic rings. The molecule has 0 aromatic heterocycles. The molecule has 0 spiro atoms. The van der Waals surface area contributed by atoms with E-state index in [-0.39, 0.29) is 0 Å². The molecule has 0 fully saturated rings. The van der Waals surface area contributed by atoms with Crippen LogP contribution in [-0.2, 0) is 6.54 Å². The Morgan fingerprint density at radius 3 is 2.21 bits per heavy atom. The number of benzene rings is 1. The Bertz CT molecular complexity index is 358. The van der Waals surface area contributed by atoms with Gasteiger partial charge in [-0.05, 0) is 18.9 Å². The Labute approximate surface area is 117 Å². The Morgan fingerprint density at radius 1 is 1.11 bits per heavy atom. The van der Waals surface area contributed by atoms with Crippen LogP contribution in [0.2, 0.25) is 0 Å². The lowest BCUT2D eigenvalue weighted by Crippen LogP contribution is -2.25. The molecule has 0 unspecified atom stereocenters. The van der Waals surface area contributed by atoms with Gasteiger partial charge in [0.05, 0.1) is 7.11 Å². The molecule has 0 aliphatic carbocycles. The molecule has 1 rings (SSSR count). The van der Waals surface area contributed by atoms with Crippen molar-refractivity contribution in [2.45, 2.75) is 46.1 Å². The van der Waals surface area contributed by atoms with Crippen molar-refractivity contribution in [2.24, 2.45) is 5.73 Å². The molecule has 19 heavy (non-hydrogen) atoms. The van der Waals surface area contributed by atoms with E-state index in [1.165, 1.54) is 31.4 Å². The molecule has 0 heterocycles. The van der Waals surface area contributed by atoms with Crippen LogP contribution in [0.25, 0.3) is 0 Å². The molecule has 0 atom stereocenters. The maximum Gasteiger partial charge on any atom is 0.125 e. The number of nitrogens with two attached hydrogens (primary N) is 1. The van der Waals surface area contributed by atoms with Crippen molar-refractivity contribution in [1.29, 1.82) is 0 Å². The zero-order chi connectivity index (χ0) is 14.1. The molecule has 0 saturated heterocycles. The first kappa shape index (κ1) is 15.8. The van der Waals surface area contributed by atoms with E-state index >= 15 is 0 Å². The minimum Gasteiger partial charge on any atom is -0.496 e. The van der Waals surface area contributed by atoms with Gasteiger partial charge in [-0.15, -0.1) is 0 Å². The standard InChI is InChI=1S/C16H28N2O/c1-4-6-10-18(11-7-5-2)15-9-8-14(13-17)16(12-15)19-3/h8-9,12H,4-7,10-11,13,17H2,1-3H3. The molecule has 108 valence electrons. The highest BCUT2D eigenvalue weighted by Gasteiger charge is 2.09. The minimum atomic E-state index is 0.521. The average Bonchev–Trinajstić information content (AvgIpc) is 2.46. The SMILES string of the molecule is CCCCN(CCCC)c1ccc(CN)c(OC)c1. The fourth-order valence-corrected chi connectivity index (χ4v) is 2.17. The second kappa shape index (κ2) is 8.81.